The molecule has 154 valence electrons. The Kier molecular flexibility index (Phi) is 5.56. The smallest absolute Gasteiger partial charge is 0.321 e. The summed E-state index contributed by atoms with van der Waals surface area (Å²) in [4.78, 5) is 35.4. The second kappa shape index (κ2) is 8.44. The normalized spacial score (nSPS) is 14.5. The fourth-order valence-corrected chi connectivity index (χ4v) is 3.58. The van der Waals surface area contributed by atoms with E-state index in [-0.39, 0.29) is 29.0 Å². The molecule has 30 heavy (non-hydrogen) atoms. The number of pyridine rings is 1. The number of hydrogen-bond acceptors (Lipinski definition) is 4. The Morgan fingerprint density at radius 2 is 1.87 bits per heavy atom. The van der Waals surface area contributed by atoms with Gasteiger partial charge in [-0.3, -0.25) is 4.79 Å². The lowest BCUT2D eigenvalue weighted by molar-refractivity contribution is 0.193. The predicted molar refractivity (Wildman–Crippen MR) is 112 cm³/mol. The van der Waals surface area contributed by atoms with E-state index in [4.69, 9.17) is 0 Å². The zero-order valence-electron chi connectivity index (χ0n) is 16.6. The van der Waals surface area contributed by atoms with E-state index in [2.05, 4.69) is 15.3 Å². The lowest BCUT2D eigenvalue weighted by Gasteiger charge is -2.31. The second-order valence-electron chi connectivity index (χ2n) is 7.34. The van der Waals surface area contributed by atoms with Crippen molar-refractivity contribution < 1.29 is 9.18 Å². The highest BCUT2D eigenvalue weighted by molar-refractivity contribution is 5.89. The molecule has 1 fully saturated rings. The molecular formula is C22H22FN5O2. The van der Waals surface area contributed by atoms with E-state index < -0.39 is 0 Å². The zero-order valence-corrected chi connectivity index (χ0v) is 16.6. The summed E-state index contributed by atoms with van der Waals surface area (Å²) in [5.41, 5.74) is 1.61. The topological polar surface area (TPSA) is 80.1 Å². The number of amides is 2. The molecule has 2 aromatic heterocycles. The van der Waals surface area contributed by atoms with Gasteiger partial charge in [-0.15, -0.1) is 0 Å². The van der Waals surface area contributed by atoms with E-state index in [1.54, 1.807) is 54.7 Å². The van der Waals surface area contributed by atoms with E-state index in [9.17, 15) is 14.0 Å². The van der Waals surface area contributed by atoms with Gasteiger partial charge < -0.3 is 14.8 Å². The van der Waals surface area contributed by atoms with Gasteiger partial charge in [0.05, 0.1) is 5.69 Å². The quantitative estimate of drug-likeness (QED) is 0.722. The zero-order chi connectivity index (χ0) is 21.1. The molecule has 3 heterocycles. The molecular weight excluding hydrogens is 385 g/mol. The summed E-state index contributed by atoms with van der Waals surface area (Å²) in [5.74, 6) is 0.583. The van der Waals surface area contributed by atoms with Gasteiger partial charge in [0.25, 0.3) is 5.56 Å². The van der Waals surface area contributed by atoms with Crippen LogP contribution in [0, 0.1) is 5.82 Å². The molecule has 2 amide bonds. The van der Waals surface area contributed by atoms with Crippen molar-refractivity contribution in [1.82, 2.24) is 19.4 Å². The lowest BCUT2D eigenvalue weighted by atomic mass is 9.96. The van der Waals surface area contributed by atoms with Crippen LogP contribution in [0.25, 0.3) is 11.3 Å². The summed E-state index contributed by atoms with van der Waals surface area (Å²) >= 11 is 0. The molecule has 1 aliphatic heterocycles. The number of urea groups is 1. The van der Waals surface area contributed by atoms with E-state index in [0.717, 1.165) is 29.9 Å². The first-order valence-corrected chi connectivity index (χ1v) is 9.82. The molecule has 0 radical (unpaired) electrons. The van der Waals surface area contributed by atoms with Crippen molar-refractivity contribution in [3.63, 3.8) is 0 Å². The van der Waals surface area contributed by atoms with Crippen molar-refractivity contribution in [1.29, 1.82) is 0 Å². The van der Waals surface area contributed by atoms with Crippen LogP contribution in [0.1, 0.15) is 24.6 Å². The first kappa shape index (κ1) is 19.8. The molecule has 1 aromatic carbocycles. The van der Waals surface area contributed by atoms with Crippen LogP contribution in [0.15, 0.2) is 59.7 Å². The first-order chi connectivity index (χ1) is 14.5. The number of carbonyl (C=O) groups is 1. The minimum atomic E-state index is -0.285. The summed E-state index contributed by atoms with van der Waals surface area (Å²) in [6.07, 6.45) is 4.81. The molecule has 4 rings (SSSR count). The van der Waals surface area contributed by atoms with Crippen LogP contribution in [0.2, 0.25) is 0 Å². The molecule has 1 N–H and O–H groups in total. The third kappa shape index (κ3) is 4.22. The Morgan fingerprint density at radius 1 is 1.13 bits per heavy atom. The number of hydrogen-bond donors (Lipinski definition) is 1. The van der Waals surface area contributed by atoms with Crippen molar-refractivity contribution in [2.24, 2.45) is 7.05 Å². The number of rotatable bonds is 3. The van der Waals surface area contributed by atoms with Gasteiger partial charge in [-0.25, -0.2) is 19.2 Å². The molecule has 7 nitrogen and oxygen atoms in total. The Morgan fingerprint density at radius 3 is 2.60 bits per heavy atom. The standard InChI is InChI=1S/C22H22FN5O2/c1-27-12-2-3-19(21(27)29)26-22(30)28-13-9-16(10-14-28)20-24-11-8-18(25-20)15-4-6-17(23)7-5-15/h2-8,11-12,16H,9-10,13-14H2,1H3,(H,26,30). The van der Waals surface area contributed by atoms with Crippen LogP contribution in [0.3, 0.4) is 0 Å². The monoisotopic (exact) mass is 407 g/mol. The number of aromatic nitrogens is 3. The summed E-state index contributed by atoms with van der Waals surface area (Å²) in [5, 5.41) is 2.70. The average molecular weight is 407 g/mol. The fourth-order valence-electron chi connectivity index (χ4n) is 3.58. The van der Waals surface area contributed by atoms with Gasteiger partial charge in [-0.2, -0.15) is 0 Å². The molecule has 8 heteroatoms. The molecule has 0 bridgehead atoms. The number of carbonyl (C=O) groups excluding carboxylic acids is 1. The molecule has 0 unspecified atom stereocenters. The molecule has 3 aromatic rings. The highest BCUT2D eigenvalue weighted by Gasteiger charge is 2.26. The van der Waals surface area contributed by atoms with Crippen molar-refractivity contribution in [3.8, 4) is 11.3 Å². The van der Waals surface area contributed by atoms with Crippen LogP contribution < -0.4 is 10.9 Å². The number of nitrogens with one attached hydrogen (secondary N) is 1. The minimum absolute atomic E-state index is 0.138. The number of likely N-dealkylation sites (tertiary alicyclic amines) is 1. The van der Waals surface area contributed by atoms with Crippen LogP contribution >= 0.6 is 0 Å². The Labute approximate surface area is 173 Å². The molecule has 0 saturated carbocycles. The van der Waals surface area contributed by atoms with Gasteiger partial charge in [0.1, 0.15) is 17.3 Å². The summed E-state index contributed by atoms with van der Waals surface area (Å²) in [6, 6.07) is 11.1. The van der Waals surface area contributed by atoms with Crippen molar-refractivity contribution >= 4 is 11.7 Å². The fraction of sp³-hybridized carbons (Fsp3) is 0.273. The maximum atomic E-state index is 13.2. The molecule has 0 atom stereocenters. The Hall–Kier alpha value is -3.55. The SMILES string of the molecule is Cn1cccc(NC(=O)N2CCC(c3nccc(-c4ccc(F)cc4)n3)CC2)c1=O. The maximum Gasteiger partial charge on any atom is 0.321 e. The number of aryl methyl sites for hydroxylation is 1. The number of nitrogens with zero attached hydrogens (tertiary/aromatic N) is 4. The highest BCUT2D eigenvalue weighted by Crippen LogP contribution is 2.27. The lowest BCUT2D eigenvalue weighted by Crippen LogP contribution is -2.41. The number of benzene rings is 1. The van der Waals surface area contributed by atoms with Gasteiger partial charge in [-0.05, 0) is 55.3 Å². The highest BCUT2D eigenvalue weighted by atomic mass is 19.1. The van der Waals surface area contributed by atoms with Crippen molar-refractivity contribution in [2.45, 2.75) is 18.8 Å². The second-order valence-corrected chi connectivity index (χ2v) is 7.34. The number of piperidine rings is 1. The number of anilines is 1. The maximum absolute atomic E-state index is 13.2. The van der Waals surface area contributed by atoms with Crippen LogP contribution in [0.4, 0.5) is 14.9 Å². The molecule has 1 aliphatic rings. The van der Waals surface area contributed by atoms with Gasteiger partial charge in [0, 0.05) is 44.0 Å². The third-order valence-corrected chi connectivity index (χ3v) is 5.33. The van der Waals surface area contributed by atoms with Crippen LogP contribution in [-0.4, -0.2) is 38.6 Å². The van der Waals surface area contributed by atoms with E-state index >= 15 is 0 Å². The Balaban J connectivity index is 1.40. The first-order valence-electron chi connectivity index (χ1n) is 9.82. The van der Waals surface area contributed by atoms with Crippen LogP contribution in [-0.2, 0) is 7.05 Å². The number of halogens is 1. The molecule has 0 aliphatic carbocycles. The minimum Gasteiger partial charge on any atom is -0.324 e. The van der Waals surface area contributed by atoms with Crippen LogP contribution in [0.5, 0.6) is 0 Å². The molecule has 0 spiro atoms. The van der Waals surface area contributed by atoms with E-state index in [1.165, 1.54) is 16.7 Å². The van der Waals surface area contributed by atoms with Crippen molar-refractivity contribution in [2.75, 3.05) is 18.4 Å². The molecule has 1 saturated heterocycles. The summed E-state index contributed by atoms with van der Waals surface area (Å²) in [6.45, 7) is 1.10. The van der Waals surface area contributed by atoms with Gasteiger partial charge in [0.15, 0.2) is 0 Å². The van der Waals surface area contributed by atoms with Gasteiger partial charge >= 0.3 is 6.03 Å². The predicted octanol–water partition coefficient (Wildman–Crippen LogP) is 3.39. The summed E-state index contributed by atoms with van der Waals surface area (Å²) in [7, 11) is 1.64. The van der Waals surface area contributed by atoms with Crippen molar-refractivity contribution in [3.05, 3.63) is 76.9 Å². The Bertz CT molecular complexity index is 1110. The van der Waals surface area contributed by atoms with E-state index in [1.807, 2.05) is 0 Å². The average Bonchev–Trinajstić information content (AvgIpc) is 2.77. The van der Waals surface area contributed by atoms with Gasteiger partial charge in [0.2, 0.25) is 0 Å². The third-order valence-electron chi connectivity index (χ3n) is 5.33. The largest absolute Gasteiger partial charge is 0.324 e. The van der Waals surface area contributed by atoms with Gasteiger partial charge in [-0.1, -0.05) is 0 Å². The van der Waals surface area contributed by atoms with E-state index in [0.29, 0.717) is 13.1 Å². The summed E-state index contributed by atoms with van der Waals surface area (Å²) < 4.78 is 14.6.